The molecular formula is C15H22N2O3. The molecule has 0 saturated carbocycles. The molecule has 0 fully saturated rings. The number of carbonyl (C=O) groups excluding carboxylic acids is 1. The number of amides is 1. The molecule has 0 bridgehead atoms. The average molecular weight is 278 g/mol. The van der Waals surface area contributed by atoms with E-state index in [4.69, 9.17) is 9.47 Å². The van der Waals surface area contributed by atoms with E-state index in [9.17, 15) is 4.79 Å². The van der Waals surface area contributed by atoms with Crippen molar-refractivity contribution in [2.45, 2.75) is 25.8 Å². The third-order valence-corrected chi connectivity index (χ3v) is 3.33. The van der Waals surface area contributed by atoms with Crippen LogP contribution >= 0.6 is 0 Å². The first-order chi connectivity index (χ1) is 9.70. The number of fused-ring (bicyclic) bond motifs is 1. The molecule has 1 unspecified atom stereocenters. The summed E-state index contributed by atoms with van der Waals surface area (Å²) in [6, 6.07) is 6.41. The molecule has 2 N–H and O–H groups in total. The van der Waals surface area contributed by atoms with E-state index in [0.717, 1.165) is 24.2 Å². The van der Waals surface area contributed by atoms with Gasteiger partial charge in [0.15, 0.2) is 0 Å². The van der Waals surface area contributed by atoms with E-state index in [0.29, 0.717) is 19.3 Å². The van der Waals surface area contributed by atoms with Crippen LogP contribution < -0.4 is 10.6 Å². The number of anilines is 2. The number of ether oxygens (including phenoxy) is 2. The summed E-state index contributed by atoms with van der Waals surface area (Å²) in [5.74, 6) is -0.144. The van der Waals surface area contributed by atoms with E-state index in [2.05, 4.69) is 23.6 Å². The maximum absolute atomic E-state index is 11.8. The second-order valence-electron chi connectivity index (χ2n) is 5.02. The van der Waals surface area contributed by atoms with E-state index < -0.39 is 0 Å². The zero-order valence-electron chi connectivity index (χ0n) is 12.1. The minimum absolute atomic E-state index is 0.0442. The Bertz CT molecular complexity index is 462. The topological polar surface area (TPSA) is 59.6 Å². The van der Waals surface area contributed by atoms with E-state index >= 15 is 0 Å². The van der Waals surface area contributed by atoms with Crippen molar-refractivity contribution in [3.05, 3.63) is 23.8 Å². The summed E-state index contributed by atoms with van der Waals surface area (Å²) in [5, 5.41) is 6.33. The molecule has 2 rings (SSSR count). The fourth-order valence-corrected chi connectivity index (χ4v) is 2.27. The lowest BCUT2D eigenvalue weighted by molar-refractivity contribution is -0.121. The van der Waals surface area contributed by atoms with Crippen LogP contribution in [-0.4, -0.2) is 38.9 Å². The number of benzene rings is 1. The minimum Gasteiger partial charge on any atom is -0.382 e. The van der Waals surface area contributed by atoms with Gasteiger partial charge in [0.1, 0.15) is 6.61 Å². The number of para-hydroxylation sites is 1. The SMILES string of the molecule is COCCOCC(=O)Nc1cccc2c1NC(C)CC2. The first-order valence-corrected chi connectivity index (χ1v) is 6.95. The molecule has 20 heavy (non-hydrogen) atoms. The Labute approximate surface area is 119 Å². The Balaban J connectivity index is 1.94. The fraction of sp³-hybridized carbons (Fsp3) is 0.533. The van der Waals surface area contributed by atoms with Gasteiger partial charge in [-0.25, -0.2) is 0 Å². The zero-order chi connectivity index (χ0) is 14.4. The van der Waals surface area contributed by atoms with Crippen LogP contribution in [0.3, 0.4) is 0 Å². The van der Waals surface area contributed by atoms with Crippen LogP contribution in [0.15, 0.2) is 18.2 Å². The fourth-order valence-electron chi connectivity index (χ4n) is 2.27. The molecule has 1 aromatic rings. The molecule has 1 aliphatic heterocycles. The lowest BCUT2D eigenvalue weighted by Gasteiger charge is -2.26. The van der Waals surface area contributed by atoms with Crippen molar-refractivity contribution in [2.75, 3.05) is 37.6 Å². The van der Waals surface area contributed by atoms with Crippen molar-refractivity contribution in [1.29, 1.82) is 0 Å². The number of hydrogen-bond acceptors (Lipinski definition) is 4. The molecule has 1 atom stereocenters. The highest BCUT2D eigenvalue weighted by atomic mass is 16.5. The second kappa shape index (κ2) is 7.26. The van der Waals surface area contributed by atoms with Crippen LogP contribution in [0.25, 0.3) is 0 Å². The summed E-state index contributed by atoms with van der Waals surface area (Å²) in [6.45, 7) is 3.11. The third kappa shape index (κ3) is 3.95. The van der Waals surface area contributed by atoms with Gasteiger partial charge in [-0.05, 0) is 31.4 Å². The van der Waals surface area contributed by atoms with Gasteiger partial charge in [0, 0.05) is 13.2 Å². The summed E-state index contributed by atoms with van der Waals surface area (Å²) in [5.41, 5.74) is 3.12. The molecule has 1 amide bonds. The lowest BCUT2D eigenvalue weighted by Crippen LogP contribution is -2.25. The van der Waals surface area contributed by atoms with Crippen LogP contribution in [0.4, 0.5) is 11.4 Å². The second-order valence-corrected chi connectivity index (χ2v) is 5.02. The van der Waals surface area contributed by atoms with Gasteiger partial charge in [-0.3, -0.25) is 4.79 Å². The average Bonchev–Trinajstić information content (AvgIpc) is 2.44. The van der Waals surface area contributed by atoms with Crippen LogP contribution in [0.1, 0.15) is 18.9 Å². The van der Waals surface area contributed by atoms with Crippen molar-refractivity contribution in [3.8, 4) is 0 Å². The van der Waals surface area contributed by atoms with Crippen molar-refractivity contribution < 1.29 is 14.3 Å². The minimum atomic E-state index is -0.144. The summed E-state index contributed by atoms with van der Waals surface area (Å²) < 4.78 is 10.1. The van der Waals surface area contributed by atoms with E-state index in [1.54, 1.807) is 7.11 Å². The highest BCUT2D eigenvalue weighted by Gasteiger charge is 2.17. The number of aryl methyl sites for hydroxylation is 1. The first kappa shape index (κ1) is 14.8. The van der Waals surface area contributed by atoms with Gasteiger partial charge < -0.3 is 20.1 Å². The van der Waals surface area contributed by atoms with Gasteiger partial charge >= 0.3 is 0 Å². The normalized spacial score (nSPS) is 17.2. The Hall–Kier alpha value is -1.59. The van der Waals surface area contributed by atoms with Gasteiger partial charge in [0.2, 0.25) is 5.91 Å². The molecule has 0 radical (unpaired) electrons. The third-order valence-electron chi connectivity index (χ3n) is 3.33. The molecule has 1 aliphatic rings. The largest absolute Gasteiger partial charge is 0.382 e. The van der Waals surface area contributed by atoms with E-state index in [1.165, 1.54) is 5.56 Å². The molecule has 0 aromatic heterocycles. The van der Waals surface area contributed by atoms with Crippen molar-refractivity contribution in [2.24, 2.45) is 0 Å². The quantitative estimate of drug-likeness (QED) is 0.782. The predicted octanol–water partition coefficient (Wildman–Crippen LogP) is 2.03. The molecule has 0 spiro atoms. The molecule has 0 aliphatic carbocycles. The molecule has 1 heterocycles. The van der Waals surface area contributed by atoms with Crippen LogP contribution in [-0.2, 0) is 20.7 Å². The van der Waals surface area contributed by atoms with Crippen LogP contribution in [0.5, 0.6) is 0 Å². The zero-order valence-corrected chi connectivity index (χ0v) is 12.1. The Kier molecular flexibility index (Phi) is 5.38. The molecular weight excluding hydrogens is 256 g/mol. The molecule has 5 nitrogen and oxygen atoms in total. The lowest BCUT2D eigenvalue weighted by atomic mass is 9.98. The van der Waals surface area contributed by atoms with Gasteiger partial charge in [0.25, 0.3) is 0 Å². The number of methoxy groups -OCH3 is 1. The maximum Gasteiger partial charge on any atom is 0.250 e. The van der Waals surface area contributed by atoms with Gasteiger partial charge in [-0.2, -0.15) is 0 Å². The van der Waals surface area contributed by atoms with Crippen molar-refractivity contribution in [1.82, 2.24) is 0 Å². The monoisotopic (exact) mass is 278 g/mol. The maximum atomic E-state index is 11.8. The Morgan fingerprint density at radius 3 is 3.10 bits per heavy atom. The highest BCUT2D eigenvalue weighted by molar-refractivity contribution is 5.95. The summed E-state index contributed by atoms with van der Waals surface area (Å²) in [7, 11) is 1.60. The summed E-state index contributed by atoms with van der Waals surface area (Å²) in [6.07, 6.45) is 2.15. The Morgan fingerprint density at radius 1 is 1.45 bits per heavy atom. The summed E-state index contributed by atoms with van der Waals surface area (Å²) >= 11 is 0. The van der Waals surface area contributed by atoms with Crippen LogP contribution in [0.2, 0.25) is 0 Å². The highest BCUT2D eigenvalue weighted by Crippen LogP contribution is 2.31. The molecule has 110 valence electrons. The first-order valence-electron chi connectivity index (χ1n) is 6.95. The number of hydrogen-bond donors (Lipinski definition) is 2. The van der Waals surface area contributed by atoms with Gasteiger partial charge in [-0.1, -0.05) is 12.1 Å². The van der Waals surface area contributed by atoms with Crippen LogP contribution in [0, 0.1) is 0 Å². The van der Waals surface area contributed by atoms with Gasteiger partial charge in [0.05, 0.1) is 24.6 Å². The smallest absolute Gasteiger partial charge is 0.250 e. The van der Waals surface area contributed by atoms with Gasteiger partial charge in [-0.15, -0.1) is 0 Å². The molecule has 1 aromatic carbocycles. The van der Waals surface area contributed by atoms with Crippen molar-refractivity contribution in [3.63, 3.8) is 0 Å². The Morgan fingerprint density at radius 2 is 2.30 bits per heavy atom. The predicted molar refractivity (Wildman–Crippen MR) is 79.2 cm³/mol. The standard InChI is InChI=1S/C15H22N2O3/c1-11-6-7-12-4-3-5-13(15(12)16-11)17-14(18)10-20-9-8-19-2/h3-5,11,16H,6-10H2,1-2H3,(H,17,18). The van der Waals surface area contributed by atoms with E-state index in [-0.39, 0.29) is 12.5 Å². The molecule has 0 saturated heterocycles. The number of rotatable bonds is 6. The summed E-state index contributed by atoms with van der Waals surface area (Å²) in [4.78, 5) is 11.8. The van der Waals surface area contributed by atoms with E-state index in [1.807, 2.05) is 12.1 Å². The number of nitrogens with one attached hydrogen (secondary N) is 2. The van der Waals surface area contributed by atoms with Crippen molar-refractivity contribution >= 4 is 17.3 Å². The number of carbonyl (C=O) groups is 1. The molecule has 5 heteroatoms.